The second kappa shape index (κ2) is 6.53. The van der Waals surface area contributed by atoms with Crippen LogP contribution in [-0.2, 0) is 0 Å². The van der Waals surface area contributed by atoms with Crippen molar-refractivity contribution >= 4 is 0 Å². The molecule has 2 rings (SSSR count). The lowest BCUT2D eigenvalue weighted by atomic mass is 9.85. The zero-order valence-electron chi connectivity index (χ0n) is 12.2. The van der Waals surface area contributed by atoms with Gasteiger partial charge in [-0.2, -0.15) is 0 Å². The molecular weight excluding hydrogens is 234 g/mol. The number of nitrogens with one attached hydrogen (secondary N) is 1. The van der Waals surface area contributed by atoms with E-state index in [2.05, 4.69) is 31.3 Å². The number of aliphatic hydroxyl groups excluding tert-OH is 1. The van der Waals surface area contributed by atoms with E-state index in [9.17, 15) is 5.11 Å². The molecular formula is C17H27NO. The van der Waals surface area contributed by atoms with Gasteiger partial charge in [-0.05, 0) is 36.7 Å². The molecule has 0 heterocycles. The quantitative estimate of drug-likeness (QED) is 0.811. The van der Waals surface area contributed by atoms with E-state index in [1.807, 2.05) is 18.2 Å². The van der Waals surface area contributed by atoms with Crippen LogP contribution in [0.25, 0.3) is 0 Å². The van der Waals surface area contributed by atoms with Gasteiger partial charge in [0.05, 0.1) is 12.6 Å². The normalized spacial score (nSPS) is 24.7. The molecule has 0 amide bonds. The molecule has 1 aliphatic carbocycles. The van der Waals surface area contributed by atoms with Crippen molar-refractivity contribution in [1.29, 1.82) is 0 Å². The Hall–Kier alpha value is -0.860. The molecule has 1 saturated carbocycles. The zero-order chi connectivity index (χ0) is 13.7. The van der Waals surface area contributed by atoms with Gasteiger partial charge in [0.25, 0.3) is 0 Å². The fourth-order valence-electron chi connectivity index (χ4n) is 3.05. The number of benzene rings is 1. The lowest BCUT2D eigenvalue weighted by molar-refractivity contribution is 0.226. The Kier molecular flexibility index (Phi) is 5.00. The van der Waals surface area contributed by atoms with Gasteiger partial charge in [-0.25, -0.2) is 0 Å². The van der Waals surface area contributed by atoms with Crippen LogP contribution in [0.5, 0.6) is 0 Å². The van der Waals surface area contributed by atoms with Crippen LogP contribution in [0.15, 0.2) is 30.3 Å². The topological polar surface area (TPSA) is 32.3 Å². The molecule has 2 nitrogen and oxygen atoms in total. The molecule has 2 atom stereocenters. The smallest absolute Gasteiger partial charge is 0.0626 e. The Morgan fingerprint density at radius 3 is 2.63 bits per heavy atom. The van der Waals surface area contributed by atoms with Crippen molar-refractivity contribution in [2.75, 3.05) is 6.61 Å². The van der Waals surface area contributed by atoms with E-state index in [0.717, 1.165) is 0 Å². The van der Waals surface area contributed by atoms with Gasteiger partial charge >= 0.3 is 0 Å². The van der Waals surface area contributed by atoms with Crippen LogP contribution in [0, 0.1) is 5.41 Å². The van der Waals surface area contributed by atoms with Crippen molar-refractivity contribution in [2.24, 2.45) is 5.41 Å². The minimum Gasteiger partial charge on any atom is -0.394 e. The lowest BCUT2D eigenvalue weighted by Crippen LogP contribution is -2.34. The monoisotopic (exact) mass is 261 g/mol. The van der Waals surface area contributed by atoms with E-state index >= 15 is 0 Å². The maximum Gasteiger partial charge on any atom is 0.0626 e. The second-order valence-electron chi connectivity index (χ2n) is 6.60. The van der Waals surface area contributed by atoms with Gasteiger partial charge < -0.3 is 10.4 Å². The molecule has 0 spiro atoms. The third-order valence-corrected chi connectivity index (χ3v) is 4.40. The van der Waals surface area contributed by atoms with E-state index in [0.29, 0.717) is 11.5 Å². The van der Waals surface area contributed by atoms with E-state index in [4.69, 9.17) is 0 Å². The highest BCUT2D eigenvalue weighted by Crippen LogP contribution is 2.34. The summed E-state index contributed by atoms with van der Waals surface area (Å²) in [4.78, 5) is 0. The van der Waals surface area contributed by atoms with Gasteiger partial charge in [-0.15, -0.1) is 0 Å². The maximum atomic E-state index is 9.62. The Balaban J connectivity index is 1.95. The van der Waals surface area contributed by atoms with Crippen LogP contribution < -0.4 is 5.32 Å². The Morgan fingerprint density at radius 2 is 1.95 bits per heavy atom. The molecule has 2 heteroatoms. The number of hydrogen-bond acceptors (Lipinski definition) is 2. The van der Waals surface area contributed by atoms with Gasteiger partial charge in [-0.3, -0.25) is 0 Å². The summed E-state index contributed by atoms with van der Waals surface area (Å²) in [6.07, 6.45) is 6.33. The van der Waals surface area contributed by atoms with Crippen LogP contribution in [-0.4, -0.2) is 17.8 Å². The average molecular weight is 261 g/mol. The molecule has 1 unspecified atom stereocenters. The summed E-state index contributed by atoms with van der Waals surface area (Å²) in [6, 6.07) is 10.9. The number of hydrogen-bond donors (Lipinski definition) is 2. The Morgan fingerprint density at radius 1 is 1.21 bits per heavy atom. The fourth-order valence-corrected chi connectivity index (χ4v) is 3.05. The van der Waals surface area contributed by atoms with Crippen molar-refractivity contribution < 1.29 is 5.11 Å². The highest BCUT2D eigenvalue weighted by Gasteiger charge is 2.25. The first kappa shape index (κ1) is 14.5. The molecule has 0 aromatic heterocycles. The summed E-state index contributed by atoms with van der Waals surface area (Å²) < 4.78 is 0. The van der Waals surface area contributed by atoms with Crippen molar-refractivity contribution in [1.82, 2.24) is 5.32 Å². The minimum absolute atomic E-state index is 0.0763. The Labute approximate surface area is 117 Å². The first-order valence-electron chi connectivity index (χ1n) is 7.52. The average Bonchev–Trinajstić information content (AvgIpc) is 2.58. The van der Waals surface area contributed by atoms with Crippen LogP contribution in [0.2, 0.25) is 0 Å². The van der Waals surface area contributed by atoms with Gasteiger partial charge in [0, 0.05) is 6.04 Å². The van der Waals surface area contributed by atoms with E-state index in [-0.39, 0.29) is 12.6 Å². The number of aliphatic hydroxyl groups is 1. The van der Waals surface area contributed by atoms with Crippen LogP contribution in [0.4, 0.5) is 0 Å². The molecule has 0 saturated heterocycles. The molecule has 106 valence electrons. The fraction of sp³-hybridized carbons (Fsp3) is 0.647. The summed E-state index contributed by atoms with van der Waals surface area (Å²) in [5, 5.41) is 13.3. The largest absolute Gasteiger partial charge is 0.394 e. The third kappa shape index (κ3) is 4.32. The molecule has 0 radical (unpaired) electrons. The van der Waals surface area contributed by atoms with Gasteiger partial charge in [-0.1, -0.05) is 50.6 Å². The first-order valence-corrected chi connectivity index (χ1v) is 7.52. The molecule has 2 N–H and O–H groups in total. The number of rotatable bonds is 4. The standard InChI is InChI=1S/C17H27NO/c1-17(2)11-6-9-15(10-12-17)18-16(13-19)14-7-4-3-5-8-14/h3-5,7-8,15-16,18-19H,6,9-13H2,1-2H3/t15?,16-/m0/s1. The van der Waals surface area contributed by atoms with E-state index in [1.165, 1.54) is 37.7 Å². The van der Waals surface area contributed by atoms with Crippen molar-refractivity contribution in [3.8, 4) is 0 Å². The van der Waals surface area contributed by atoms with E-state index < -0.39 is 0 Å². The second-order valence-corrected chi connectivity index (χ2v) is 6.60. The molecule has 0 aliphatic heterocycles. The van der Waals surface area contributed by atoms with Crippen molar-refractivity contribution in [2.45, 2.75) is 58.0 Å². The highest BCUT2D eigenvalue weighted by atomic mass is 16.3. The summed E-state index contributed by atoms with van der Waals surface area (Å²) in [6.45, 7) is 4.91. The highest BCUT2D eigenvalue weighted by molar-refractivity contribution is 5.19. The van der Waals surface area contributed by atoms with Crippen LogP contribution in [0.3, 0.4) is 0 Å². The predicted molar refractivity (Wildman–Crippen MR) is 80.1 cm³/mol. The molecule has 0 bridgehead atoms. The van der Waals surface area contributed by atoms with E-state index in [1.54, 1.807) is 0 Å². The Bertz CT molecular complexity index is 374. The molecule has 19 heavy (non-hydrogen) atoms. The molecule has 1 aromatic rings. The summed E-state index contributed by atoms with van der Waals surface area (Å²) in [5.41, 5.74) is 1.67. The van der Waals surface area contributed by atoms with Crippen molar-refractivity contribution in [3.05, 3.63) is 35.9 Å². The third-order valence-electron chi connectivity index (χ3n) is 4.40. The first-order chi connectivity index (χ1) is 9.11. The minimum atomic E-state index is 0.0763. The SMILES string of the molecule is CC1(C)CCCC(N[C@@H](CO)c2ccccc2)CC1. The predicted octanol–water partition coefficient (Wildman–Crippen LogP) is 3.67. The zero-order valence-corrected chi connectivity index (χ0v) is 12.2. The van der Waals surface area contributed by atoms with Crippen molar-refractivity contribution in [3.63, 3.8) is 0 Å². The van der Waals surface area contributed by atoms with Crippen LogP contribution >= 0.6 is 0 Å². The van der Waals surface area contributed by atoms with Crippen LogP contribution in [0.1, 0.15) is 57.6 Å². The molecule has 1 aromatic carbocycles. The molecule has 1 fully saturated rings. The maximum absolute atomic E-state index is 9.62. The summed E-state index contributed by atoms with van der Waals surface area (Å²) >= 11 is 0. The molecule has 1 aliphatic rings. The van der Waals surface area contributed by atoms with Gasteiger partial charge in [0.1, 0.15) is 0 Å². The lowest BCUT2D eigenvalue weighted by Gasteiger charge is -2.25. The van der Waals surface area contributed by atoms with Gasteiger partial charge in [0.15, 0.2) is 0 Å². The summed E-state index contributed by atoms with van der Waals surface area (Å²) in [7, 11) is 0. The summed E-state index contributed by atoms with van der Waals surface area (Å²) in [5.74, 6) is 0. The van der Waals surface area contributed by atoms with Gasteiger partial charge in [0.2, 0.25) is 0 Å².